The molecule has 0 spiro atoms. The number of nitrogens with zero attached hydrogens (tertiary/aromatic N) is 3. The highest BCUT2D eigenvalue weighted by atomic mass is 32.2. The first-order valence-corrected chi connectivity index (χ1v) is 9.10. The Morgan fingerprint density at radius 3 is 2.30 bits per heavy atom. The smallest absolute Gasteiger partial charge is 0.258 e. The van der Waals surface area contributed by atoms with Gasteiger partial charge in [-0.15, -0.1) is 4.47 Å². The number of non-ortho nitro benzene ring substituents is 1. The molecule has 1 N–H and O–H groups in total. The van der Waals surface area contributed by atoms with Crippen LogP contribution in [0.15, 0.2) is 48.5 Å². The third-order valence-corrected chi connectivity index (χ3v) is 4.69. The van der Waals surface area contributed by atoms with Gasteiger partial charge < -0.3 is 0 Å². The number of nitro groups is 2. The van der Waals surface area contributed by atoms with E-state index in [4.69, 9.17) is 4.84 Å². The van der Waals surface area contributed by atoms with E-state index in [-0.39, 0.29) is 13.2 Å². The van der Waals surface area contributed by atoms with Crippen molar-refractivity contribution in [3.63, 3.8) is 0 Å². The molecule has 144 valence electrons. The van der Waals surface area contributed by atoms with Gasteiger partial charge in [0.05, 0.1) is 15.9 Å². The van der Waals surface area contributed by atoms with Crippen molar-refractivity contribution in [1.82, 2.24) is 4.72 Å². The zero-order chi connectivity index (χ0) is 20.0. The minimum absolute atomic E-state index is 0.00824. The summed E-state index contributed by atoms with van der Waals surface area (Å²) in [5.41, 5.74) is -1.16. The lowest BCUT2D eigenvalue weighted by atomic mass is 10.2. The molecule has 0 unspecified atom stereocenters. The highest BCUT2D eigenvalue weighted by Crippen LogP contribution is 2.33. The average Bonchev–Trinajstić information content (AvgIpc) is 2.62. The number of hydrogen-bond donors (Lipinski definition) is 1. The molecule has 27 heavy (non-hydrogen) atoms. The van der Waals surface area contributed by atoms with Crippen LogP contribution in [0.3, 0.4) is 0 Å². The largest absolute Gasteiger partial charge is 0.324 e. The van der Waals surface area contributed by atoms with E-state index in [9.17, 15) is 28.6 Å². The number of benzene rings is 2. The van der Waals surface area contributed by atoms with Crippen molar-refractivity contribution in [3.8, 4) is 0 Å². The van der Waals surface area contributed by atoms with Gasteiger partial charge >= 0.3 is 15.9 Å². The van der Waals surface area contributed by atoms with E-state index in [1.165, 1.54) is 6.92 Å². The van der Waals surface area contributed by atoms with E-state index in [1.807, 2.05) is 0 Å². The van der Waals surface area contributed by atoms with Gasteiger partial charge in [0.25, 0.3) is 5.69 Å². The molecule has 0 aliphatic heterocycles. The molecule has 0 heterocycles. The van der Waals surface area contributed by atoms with Crippen molar-refractivity contribution in [2.24, 2.45) is 0 Å². The van der Waals surface area contributed by atoms with Gasteiger partial charge in [0.2, 0.25) is 0 Å². The molecule has 12 heteroatoms. The van der Waals surface area contributed by atoms with E-state index in [0.717, 1.165) is 12.1 Å². The van der Waals surface area contributed by atoms with Gasteiger partial charge in [-0.25, -0.2) is 0 Å². The molecule has 2 rings (SSSR count). The number of nitro benzene ring substituents is 2. The molecule has 0 bridgehead atoms. The van der Waals surface area contributed by atoms with Crippen LogP contribution >= 0.6 is 0 Å². The van der Waals surface area contributed by atoms with Crippen LogP contribution < -0.4 is 9.19 Å². The van der Waals surface area contributed by atoms with Gasteiger partial charge in [0.1, 0.15) is 6.61 Å². The third-order valence-electron chi connectivity index (χ3n) is 3.30. The van der Waals surface area contributed by atoms with Crippen LogP contribution in [0.4, 0.5) is 17.1 Å². The molecule has 0 saturated heterocycles. The van der Waals surface area contributed by atoms with Gasteiger partial charge in [0, 0.05) is 12.6 Å². The molecule has 0 radical (unpaired) electrons. The summed E-state index contributed by atoms with van der Waals surface area (Å²) in [6.45, 7) is 1.34. The van der Waals surface area contributed by atoms with E-state index in [0.29, 0.717) is 16.1 Å². The second-order valence-corrected chi connectivity index (χ2v) is 6.75. The molecular weight excluding hydrogens is 380 g/mol. The van der Waals surface area contributed by atoms with Crippen LogP contribution in [-0.2, 0) is 21.7 Å². The quantitative estimate of drug-likeness (QED) is 0.505. The van der Waals surface area contributed by atoms with E-state index >= 15 is 0 Å². The van der Waals surface area contributed by atoms with Crippen LogP contribution in [0.5, 0.6) is 0 Å². The fraction of sp³-hybridized carbons (Fsp3) is 0.200. The SMILES string of the molecule is CCNS(=O)(=O)N(OCc1ccccc1)c1ccc([N+](=O)[O-])cc1[N+](=O)[O-]. The Balaban J connectivity index is 2.49. The van der Waals surface area contributed by atoms with Crippen LogP contribution in [0.1, 0.15) is 12.5 Å². The minimum Gasteiger partial charge on any atom is -0.258 e. The first-order chi connectivity index (χ1) is 12.8. The van der Waals surface area contributed by atoms with Gasteiger partial charge in [0.15, 0.2) is 5.69 Å². The Labute approximate surface area is 154 Å². The Morgan fingerprint density at radius 1 is 1.07 bits per heavy atom. The number of anilines is 1. The van der Waals surface area contributed by atoms with Crippen LogP contribution in [0.2, 0.25) is 0 Å². The predicted octanol–water partition coefficient (Wildman–Crippen LogP) is 2.30. The van der Waals surface area contributed by atoms with E-state index in [2.05, 4.69) is 4.72 Å². The minimum atomic E-state index is -4.30. The van der Waals surface area contributed by atoms with Crippen LogP contribution in [-0.4, -0.2) is 24.8 Å². The monoisotopic (exact) mass is 396 g/mol. The Hall–Kier alpha value is -3.09. The molecule has 0 aliphatic carbocycles. The van der Waals surface area contributed by atoms with Crippen molar-refractivity contribution in [1.29, 1.82) is 0 Å². The van der Waals surface area contributed by atoms with Gasteiger partial charge in [-0.1, -0.05) is 37.3 Å². The molecule has 0 fully saturated rings. The van der Waals surface area contributed by atoms with Crippen LogP contribution in [0.25, 0.3) is 0 Å². The molecule has 2 aromatic rings. The van der Waals surface area contributed by atoms with Crippen molar-refractivity contribution in [2.75, 3.05) is 11.0 Å². The lowest BCUT2D eigenvalue weighted by Crippen LogP contribution is -2.41. The normalized spacial score (nSPS) is 11.1. The Kier molecular flexibility index (Phi) is 6.39. The maximum Gasteiger partial charge on any atom is 0.324 e. The summed E-state index contributed by atoms with van der Waals surface area (Å²) < 4.78 is 27.5. The van der Waals surface area contributed by atoms with Crippen molar-refractivity contribution in [2.45, 2.75) is 13.5 Å². The molecule has 0 atom stereocenters. The Morgan fingerprint density at radius 2 is 1.74 bits per heavy atom. The van der Waals surface area contributed by atoms with Gasteiger partial charge in [-0.05, 0) is 11.6 Å². The zero-order valence-corrected chi connectivity index (χ0v) is 15.0. The third kappa shape index (κ3) is 4.97. The van der Waals surface area contributed by atoms with E-state index < -0.39 is 37.1 Å². The second kappa shape index (κ2) is 8.53. The second-order valence-electron chi connectivity index (χ2n) is 5.18. The highest BCUT2D eigenvalue weighted by Gasteiger charge is 2.31. The summed E-state index contributed by atoms with van der Waals surface area (Å²) in [6.07, 6.45) is 0. The lowest BCUT2D eigenvalue weighted by molar-refractivity contribution is -0.393. The topological polar surface area (TPSA) is 145 Å². The predicted molar refractivity (Wildman–Crippen MR) is 96.1 cm³/mol. The molecule has 11 nitrogen and oxygen atoms in total. The van der Waals surface area contributed by atoms with E-state index in [1.54, 1.807) is 30.3 Å². The summed E-state index contributed by atoms with van der Waals surface area (Å²) in [5.74, 6) is 0. The van der Waals surface area contributed by atoms with Crippen molar-refractivity contribution in [3.05, 3.63) is 74.3 Å². The average molecular weight is 396 g/mol. The summed E-state index contributed by atoms with van der Waals surface area (Å²) in [7, 11) is -4.30. The molecule has 0 aromatic heterocycles. The molecule has 0 amide bonds. The molecular formula is C15H16N4O7S. The standard InChI is InChI=1S/C15H16N4O7S/c1-2-16-27(24,25)19(26-11-12-6-4-3-5-7-12)14-9-8-13(17(20)21)10-15(14)18(22)23/h3-10,16H,2,11H2,1H3. The zero-order valence-electron chi connectivity index (χ0n) is 14.1. The fourth-order valence-corrected chi connectivity index (χ4v) is 3.23. The summed E-state index contributed by atoms with van der Waals surface area (Å²) in [6, 6.07) is 11.2. The maximum absolute atomic E-state index is 12.5. The highest BCUT2D eigenvalue weighted by molar-refractivity contribution is 7.90. The van der Waals surface area contributed by atoms with Gasteiger partial charge in [-0.3, -0.25) is 25.1 Å². The van der Waals surface area contributed by atoms with Crippen molar-refractivity contribution < 1.29 is 23.1 Å². The Bertz CT molecular complexity index is 934. The molecule has 0 saturated carbocycles. The van der Waals surface area contributed by atoms with Crippen LogP contribution in [0, 0.1) is 20.2 Å². The molecule has 0 aliphatic rings. The summed E-state index contributed by atoms with van der Waals surface area (Å²) >= 11 is 0. The lowest BCUT2D eigenvalue weighted by Gasteiger charge is -2.23. The number of nitrogens with one attached hydrogen (secondary N) is 1. The van der Waals surface area contributed by atoms with Gasteiger partial charge in [-0.2, -0.15) is 13.1 Å². The first kappa shape index (κ1) is 20.2. The van der Waals surface area contributed by atoms with Crippen molar-refractivity contribution >= 4 is 27.3 Å². The fourth-order valence-electron chi connectivity index (χ4n) is 2.14. The number of hydrogen-bond acceptors (Lipinski definition) is 7. The maximum atomic E-state index is 12.5. The summed E-state index contributed by atoms with van der Waals surface area (Å²) in [5, 5.41) is 22.2. The summed E-state index contributed by atoms with van der Waals surface area (Å²) in [4.78, 5) is 25.8. The molecule has 2 aromatic carbocycles. The first-order valence-electron chi connectivity index (χ1n) is 7.66. The number of rotatable bonds is 9.